The fourth-order valence-corrected chi connectivity index (χ4v) is 4.82. The first-order valence-electron chi connectivity index (χ1n) is 9.01. The van der Waals surface area contributed by atoms with Crippen LogP contribution < -0.4 is 0 Å². The Morgan fingerprint density at radius 2 is 1.81 bits per heavy atom. The molecule has 1 aromatic carbocycles. The lowest BCUT2D eigenvalue weighted by molar-refractivity contribution is 0.0111. The van der Waals surface area contributed by atoms with Crippen LogP contribution in [0.2, 0.25) is 0 Å². The quantitative estimate of drug-likeness (QED) is 0.815. The predicted molar refractivity (Wildman–Crippen MR) is 88.3 cm³/mol. The van der Waals surface area contributed by atoms with E-state index in [9.17, 15) is 5.11 Å². The minimum Gasteiger partial charge on any atom is -0.393 e. The molecule has 0 amide bonds. The van der Waals surface area contributed by atoms with Crippen LogP contribution in [0.25, 0.3) is 0 Å². The number of rotatable bonds is 3. The van der Waals surface area contributed by atoms with E-state index in [2.05, 4.69) is 37.3 Å². The maximum atomic E-state index is 10.5. The van der Waals surface area contributed by atoms with Crippen molar-refractivity contribution in [2.24, 2.45) is 17.8 Å². The molecule has 2 aliphatic carbocycles. The van der Waals surface area contributed by atoms with E-state index in [4.69, 9.17) is 0 Å². The van der Waals surface area contributed by atoms with Crippen molar-refractivity contribution in [3.8, 4) is 0 Å². The Kier molecular flexibility index (Phi) is 5.00. The third-order valence-electron chi connectivity index (χ3n) is 6.14. The standard InChI is InChI=1S/C20H30O/c1-2-15-7-6-10-18(13-15)19-14-17(11-12-20(19)21)16-8-4-3-5-9-16/h3-5,8-9,15,17-21H,2,6-7,10-14H2,1H3. The van der Waals surface area contributed by atoms with Crippen LogP contribution in [0.3, 0.4) is 0 Å². The summed E-state index contributed by atoms with van der Waals surface area (Å²) in [7, 11) is 0. The molecule has 0 bridgehead atoms. The molecule has 116 valence electrons. The molecule has 3 rings (SSSR count). The summed E-state index contributed by atoms with van der Waals surface area (Å²) in [5, 5.41) is 10.5. The fraction of sp³-hybridized carbons (Fsp3) is 0.700. The Hall–Kier alpha value is -0.820. The van der Waals surface area contributed by atoms with Gasteiger partial charge in [-0.25, -0.2) is 0 Å². The van der Waals surface area contributed by atoms with E-state index in [1.165, 1.54) is 44.1 Å². The lowest BCUT2D eigenvalue weighted by atomic mass is 9.66. The first-order chi connectivity index (χ1) is 10.3. The summed E-state index contributed by atoms with van der Waals surface area (Å²) in [5.41, 5.74) is 1.48. The van der Waals surface area contributed by atoms with E-state index >= 15 is 0 Å². The number of benzene rings is 1. The van der Waals surface area contributed by atoms with Gasteiger partial charge in [0.15, 0.2) is 0 Å². The van der Waals surface area contributed by atoms with Gasteiger partial charge in [-0.05, 0) is 54.9 Å². The van der Waals surface area contributed by atoms with E-state index in [1.54, 1.807) is 0 Å². The molecule has 2 aliphatic rings. The monoisotopic (exact) mass is 286 g/mol. The Labute approximate surface area is 129 Å². The molecule has 2 saturated carbocycles. The van der Waals surface area contributed by atoms with Gasteiger partial charge < -0.3 is 5.11 Å². The van der Waals surface area contributed by atoms with Gasteiger partial charge in [0.25, 0.3) is 0 Å². The maximum absolute atomic E-state index is 10.5. The highest BCUT2D eigenvalue weighted by molar-refractivity contribution is 5.20. The third-order valence-corrected chi connectivity index (χ3v) is 6.14. The lowest BCUT2D eigenvalue weighted by Gasteiger charge is -2.41. The van der Waals surface area contributed by atoms with Crippen LogP contribution in [0.1, 0.15) is 69.8 Å². The van der Waals surface area contributed by atoms with E-state index in [0.29, 0.717) is 11.8 Å². The van der Waals surface area contributed by atoms with Crippen LogP contribution in [-0.2, 0) is 0 Å². The van der Waals surface area contributed by atoms with Crippen LogP contribution >= 0.6 is 0 Å². The Balaban J connectivity index is 1.69. The molecule has 0 aliphatic heterocycles. The summed E-state index contributed by atoms with van der Waals surface area (Å²) in [6.07, 6.45) is 10.1. The predicted octanol–water partition coefficient (Wildman–Crippen LogP) is 5.15. The second kappa shape index (κ2) is 6.96. The van der Waals surface area contributed by atoms with Crippen LogP contribution in [0.5, 0.6) is 0 Å². The SMILES string of the molecule is CCC1CCCC(C2CC(c3ccccc3)CCC2O)C1. The molecular formula is C20H30O. The van der Waals surface area contributed by atoms with Gasteiger partial charge in [-0.3, -0.25) is 0 Å². The zero-order valence-corrected chi connectivity index (χ0v) is 13.4. The van der Waals surface area contributed by atoms with Crippen molar-refractivity contribution in [1.29, 1.82) is 0 Å². The summed E-state index contributed by atoms with van der Waals surface area (Å²) in [5.74, 6) is 2.89. The minimum absolute atomic E-state index is 0.0504. The van der Waals surface area contributed by atoms with Gasteiger partial charge in [0.2, 0.25) is 0 Å². The molecule has 21 heavy (non-hydrogen) atoms. The molecule has 0 spiro atoms. The van der Waals surface area contributed by atoms with Gasteiger partial charge in [-0.2, -0.15) is 0 Å². The lowest BCUT2D eigenvalue weighted by Crippen LogP contribution is -2.36. The van der Waals surface area contributed by atoms with Crippen molar-refractivity contribution >= 4 is 0 Å². The summed E-state index contributed by atoms with van der Waals surface area (Å²) in [6.45, 7) is 2.33. The maximum Gasteiger partial charge on any atom is 0.0571 e. The molecule has 0 saturated heterocycles. The van der Waals surface area contributed by atoms with E-state index in [0.717, 1.165) is 24.7 Å². The zero-order valence-electron chi connectivity index (χ0n) is 13.4. The molecule has 1 nitrogen and oxygen atoms in total. The summed E-state index contributed by atoms with van der Waals surface area (Å²) in [6, 6.07) is 11.0. The van der Waals surface area contributed by atoms with E-state index in [1.807, 2.05) is 0 Å². The number of hydrogen-bond donors (Lipinski definition) is 1. The first-order valence-corrected chi connectivity index (χ1v) is 9.01. The molecule has 0 radical (unpaired) electrons. The van der Waals surface area contributed by atoms with Crippen LogP contribution in [0, 0.1) is 17.8 Å². The average Bonchev–Trinajstić information content (AvgIpc) is 2.56. The highest BCUT2D eigenvalue weighted by Gasteiger charge is 2.37. The largest absolute Gasteiger partial charge is 0.393 e. The molecule has 0 aromatic heterocycles. The summed E-state index contributed by atoms with van der Waals surface area (Å²) < 4.78 is 0. The van der Waals surface area contributed by atoms with Gasteiger partial charge in [0, 0.05) is 0 Å². The van der Waals surface area contributed by atoms with Gasteiger partial charge in [0.05, 0.1) is 6.10 Å². The van der Waals surface area contributed by atoms with Gasteiger partial charge >= 0.3 is 0 Å². The fourth-order valence-electron chi connectivity index (χ4n) is 4.82. The van der Waals surface area contributed by atoms with Crippen LogP contribution in [-0.4, -0.2) is 11.2 Å². The highest BCUT2D eigenvalue weighted by Crippen LogP contribution is 2.45. The number of aliphatic hydroxyl groups excluding tert-OH is 1. The Morgan fingerprint density at radius 1 is 1.00 bits per heavy atom. The molecular weight excluding hydrogens is 256 g/mol. The molecule has 5 unspecified atom stereocenters. The van der Waals surface area contributed by atoms with Gasteiger partial charge in [0.1, 0.15) is 0 Å². The van der Waals surface area contributed by atoms with Crippen LogP contribution in [0.4, 0.5) is 0 Å². The van der Waals surface area contributed by atoms with Crippen molar-refractivity contribution in [2.75, 3.05) is 0 Å². The Bertz CT molecular complexity index is 427. The van der Waals surface area contributed by atoms with Crippen LogP contribution in [0.15, 0.2) is 30.3 Å². The normalized spacial score (nSPS) is 37.3. The first kappa shape index (κ1) is 15.1. The minimum atomic E-state index is -0.0504. The molecule has 5 atom stereocenters. The van der Waals surface area contributed by atoms with Crippen molar-refractivity contribution in [1.82, 2.24) is 0 Å². The molecule has 1 heteroatoms. The van der Waals surface area contributed by atoms with Crippen molar-refractivity contribution in [3.05, 3.63) is 35.9 Å². The van der Waals surface area contributed by atoms with Crippen molar-refractivity contribution in [2.45, 2.75) is 70.3 Å². The summed E-state index contributed by atoms with van der Waals surface area (Å²) in [4.78, 5) is 0. The topological polar surface area (TPSA) is 20.2 Å². The van der Waals surface area contributed by atoms with Gasteiger partial charge in [-0.15, -0.1) is 0 Å². The number of aliphatic hydroxyl groups is 1. The molecule has 1 aromatic rings. The third kappa shape index (κ3) is 3.51. The summed E-state index contributed by atoms with van der Waals surface area (Å²) >= 11 is 0. The van der Waals surface area contributed by atoms with E-state index in [-0.39, 0.29) is 6.10 Å². The van der Waals surface area contributed by atoms with Gasteiger partial charge in [-0.1, -0.05) is 62.9 Å². The highest BCUT2D eigenvalue weighted by atomic mass is 16.3. The van der Waals surface area contributed by atoms with Crippen molar-refractivity contribution < 1.29 is 5.11 Å². The zero-order chi connectivity index (χ0) is 14.7. The number of hydrogen-bond acceptors (Lipinski definition) is 1. The van der Waals surface area contributed by atoms with E-state index < -0.39 is 0 Å². The second-order valence-electron chi connectivity index (χ2n) is 7.35. The molecule has 2 fully saturated rings. The molecule has 1 N–H and O–H groups in total. The molecule has 0 heterocycles. The Morgan fingerprint density at radius 3 is 2.57 bits per heavy atom. The smallest absolute Gasteiger partial charge is 0.0571 e. The van der Waals surface area contributed by atoms with Crippen molar-refractivity contribution in [3.63, 3.8) is 0 Å². The second-order valence-corrected chi connectivity index (χ2v) is 7.35. The average molecular weight is 286 g/mol.